The molecule has 0 aliphatic heterocycles. The van der Waals surface area contributed by atoms with Crippen LogP contribution in [0.25, 0.3) is 0 Å². The molecule has 19 heavy (non-hydrogen) atoms. The highest BCUT2D eigenvalue weighted by atomic mass is 16.5. The highest BCUT2D eigenvalue weighted by molar-refractivity contribution is 5.77. The number of rotatable bonds is 6. The second-order valence-corrected chi connectivity index (χ2v) is 4.55. The molecule has 6 heteroatoms. The fourth-order valence-corrected chi connectivity index (χ4v) is 1.81. The smallest absolute Gasteiger partial charge is 0.230 e. The Balaban J connectivity index is 1.73. The molecule has 2 rings (SSSR count). The first kappa shape index (κ1) is 13.3. The summed E-state index contributed by atoms with van der Waals surface area (Å²) >= 11 is 0. The molecule has 102 valence electrons. The molecule has 2 heterocycles. The predicted octanol–water partition coefficient (Wildman–Crippen LogP) is 1.27. The molecular weight excluding hydrogens is 244 g/mol. The maximum Gasteiger partial charge on any atom is 0.230 e. The van der Waals surface area contributed by atoms with Crippen LogP contribution in [0.1, 0.15) is 17.9 Å². The van der Waals surface area contributed by atoms with Gasteiger partial charge in [0.05, 0.1) is 12.1 Å². The van der Waals surface area contributed by atoms with Gasteiger partial charge in [0.15, 0.2) is 0 Å². The standard InChI is InChI=1S/C13H18N4O2/c1-11-9-12(19-15-11)10-13(18)16(2)6-4-8-17-7-3-5-14-17/h3,5,7,9H,4,6,8,10H2,1-2H3. The van der Waals surface area contributed by atoms with E-state index in [0.29, 0.717) is 12.3 Å². The SMILES string of the molecule is Cc1cc(CC(=O)N(C)CCCn2cccn2)on1. The zero-order valence-corrected chi connectivity index (χ0v) is 11.2. The summed E-state index contributed by atoms with van der Waals surface area (Å²) in [5.74, 6) is 0.651. The fourth-order valence-electron chi connectivity index (χ4n) is 1.81. The van der Waals surface area contributed by atoms with E-state index in [0.717, 1.165) is 18.7 Å². The molecule has 0 bridgehead atoms. The molecule has 0 radical (unpaired) electrons. The van der Waals surface area contributed by atoms with Crippen molar-refractivity contribution in [2.75, 3.05) is 13.6 Å². The lowest BCUT2D eigenvalue weighted by atomic mass is 10.2. The number of amides is 1. The third-order valence-corrected chi connectivity index (χ3v) is 2.87. The molecule has 2 aromatic heterocycles. The van der Waals surface area contributed by atoms with Gasteiger partial charge in [0.1, 0.15) is 5.76 Å². The fraction of sp³-hybridized carbons (Fsp3) is 0.462. The van der Waals surface area contributed by atoms with E-state index < -0.39 is 0 Å². The Hall–Kier alpha value is -2.11. The van der Waals surface area contributed by atoms with E-state index in [1.54, 1.807) is 24.2 Å². The molecule has 0 aliphatic rings. The van der Waals surface area contributed by atoms with E-state index in [4.69, 9.17) is 4.52 Å². The van der Waals surface area contributed by atoms with Crippen LogP contribution < -0.4 is 0 Å². The maximum absolute atomic E-state index is 11.9. The van der Waals surface area contributed by atoms with Gasteiger partial charge in [-0.2, -0.15) is 5.10 Å². The lowest BCUT2D eigenvalue weighted by molar-refractivity contribution is -0.129. The minimum absolute atomic E-state index is 0.0385. The Morgan fingerprint density at radius 2 is 2.37 bits per heavy atom. The summed E-state index contributed by atoms with van der Waals surface area (Å²) < 4.78 is 6.90. The summed E-state index contributed by atoms with van der Waals surface area (Å²) in [5.41, 5.74) is 0.795. The molecule has 0 fully saturated rings. The van der Waals surface area contributed by atoms with Crippen molar-refractivity contribution < 1.29 is 9.32 Å². The molecule has 0 saturated heterocycles. The summed E-state index contributed by atoms with van der Waals surface area (Å²) in [7, 11) is 1.80. The number of hydrogen-bond donors (Lipinski definition) is 0. The predicted molar refractivity (Wildman–Crippen MR) is 69.4 cm³/mol. The highest BCUT2D eigenvalue weighted by Gasteiger charge is 2.12. The van der Waals surface area contributed by atoms with Gasteiger partial charge in [-0.25, -0.2) is 0 Å². The number of aryl methyl sites for hydroxylation is 2. The minimum Gasteiger partial charge on any atom is -0.361 e. The van der Waals surface area contributed by atoms with Crippen molar-refractivity contribution in [2.45, 2.75) is 26.3 Å². The first-order chi connectivity index (χ1) is 9.15. The number of hydrogen-bond acceptors (Lipinski definition) is 4. The van der Waals surface area contributed by atoms with Crippen molar-refractivity contribution in [3.63, 3.8) is 0 Å². The summed E-state index contributed by atoms with van der Waals surface area (Å²) in [6.45, 7) is 3.35. The number of carbonyl (C=O) groups is 1. The van der Waals surface area contributed by atoms with Crippen LogP contribution in [0.2, 0.25) is 0 Å². The first-order valence-corrected chi connectivity index (χ1v) is 6.29. The van der Waals surface area contributed by atoms with E-state index in [9.17, 15) is 4.79 Å². The van der Waals surface area contributed by atoms with Crippen LogP contribution in [-0.4, -0.2) is 39.3 Å². The monoisotopic (exact) mass is 262 g/mol. The number of nitrogens with zero attached hydrogens (tertiary/aromatic N) is 4. The molecule has 0 atom stereocenters. The van der Waals surface area contributed by atoms with Crippen LogP contribution in [0.15, 0.2) is 29.0 Å². The Kier molecular flexibility index (Phi) is 4.33. The van der Waals surface area contributed by atoms with Crippen molar-refractivity contribution in [3.05, 3.63) is 36.0 Å². The van der Waals surface area contributed by atoms with Gasteiger partial charge >= 0.3 is 0 Å². The van der Waals surface area contributed by atoms with Gasteiger partial charge < -0.3 is 9.42 Å². The van der Waals surface area contributed by atoms with Gasteiger partial charge in [-0.15, -0.1) is 0 Å². The molecule has 6 nitrogen and oxygen atoms in total. The van der Waals surface area contributed by atoms with Crippen LogP contribution in [-0.2, 0) is 17.8 Å². The second-order valence-electron chi connectivity index (χ2n) is 4.55. The van der Waals surface area contributed by atoms with E-state index >= 15 is 0 Å². The van der Waals surface area contributed by atoms with Crippen molar-refractivity contribution in [1.29, 1.82) is 0 Å². The number of aromatic nitrogens is 3. The third-order valence-electron chi connectivity index (χ3n) is 2.87. The lowest BCUT2D eigenvalue weighted by Crippen LogP contribution is -2.29. The van der Waals surface area contributed by atoms with E-state index in [2.05, 4.69) is 10.3 Å². The molecule has 1 amide bonds. The van der Waals surface area contributed by atoms with E-state index in [1.807, 2.05) is 23.9 Å². The van der Waals surface area contributed by atoms with Crippen molar-refractivity contribution in [3.8, 4) is 0 Å². The van der Waals surface area contributed by atoms with Gasteiger partial charge in [-0.3, -0.25) is 9.48 Å². The molecule has 2 aromatic rings. The molecule has 0 aliphatic carbocycles. The summed E-state index contributed by atoms with van der Waals surface area (Å²) in [4.78, 5) is 13.6. The van der Waals surface area contributed by atoms with Crippen molar-refractivity contribution in [2.24, 2.45) is 0 Å². The van der Waals surface area contributed by atoms with Crippen molar-refractivity contribution in [1.82, 2.24) is 19.8 Å². The molecule has 0 aromatic carbocycles. The number of likely N-dealkylation sites (N-methyl/N-ethyl adjacent to an activating group) is 1. The van der Waals surface area contributed by atoms with Gasteiger partial charge in [0.2, 0.25) is 5.91 Å². The topological polar surface area (TPSA) is 64.2 Å². The van der Waals surface area contributed by atoms with Crippen LogP contribution in [0.5, 0.6) is 0 Å². The van der Waals surface area contributed by atoms with E-state index in [-0.39, 0.29) is 12.3 Å². The van der Waals surface area contributed by atoms with Crippen molar-refractivity contribution >= 4 is 5.91 Å². The number of carbonyl (C=O) groups excluding carboxylic acids is 1. The Labute approximate surface area is 112 Å². The molecule has 0 spiro atoms. The van der Waals surface area contributed by atoms with E-state index in [1.165, 1.54) is 0 Å². The maximum atomic E-state index is 11.9. The Morgan fingerprint density at radius 3 is 3.00 bits per heavy atom. The highest BCUT2D eigenvalue weighted by Crippen LogP contribution is 2.05. The molecule has 0 unspecified atom stereocenters. The van der Waals surface area contributed by atoms with Crippen LogP contribution in [0.3, 0.4) is 0 Å². The Bertz CT molecular complexity index is 518. The summed E-state index contributed by atoms with van der Waals surface area (Å²) in [5, 5.41) is 7.89. The third kappa shape index (κ3) is 3.94. The zero-order chi connectivity index (χ0) is 13.7. The molecule has 0 saturated carbocycles. The quantitative estimate of drug-likeness (QED) is 0.786. The van der Waals surface area contributed by atoms with Gasteiger partial charge in [0, 0.05) is 38.6 Å². The molecule has 0 N–H and O–H groups in total. The average molecular weight is 262 g/mol. The largest absolute Gasteiger partial charge is 0.361 e. The van der Waals surface area contributed by atoms with Gasteiger partial charge in [-0.1, -0.05) is 5.16 Å². The first-order valence-electron chi connectivity index (χ1n) is 6.29. The van der Waals surface area contributed by atoms with Crippen LogP contribution in [0.4, 0.5) is 0 Å². The van der Waals surface area contributed by atoms with Crippen LogP contribution >= 0.6 is 0 Å². The van der Waals surface area contributed by atoms with Gasteiger partial charge in [-0.05, 0) is 19.4 Å². The second kappa shape index (κ2) is 6.17. The average Bonchev–Trinajstić information content (AvgIpc) is 3.01. The normalized spacial score (nSPS) is 10.6. The van der Waals surface area contributed by atoms with Gasteiger partial charge in [0.25, 0.3) is 0 Å². The Morgan fingerprint density at radius 1 is 1.53 bits per heavy atom. The van der Waals surface area contributed by atoms with Crippen LogP contribution in [0, 0.1) is 6.92 Å². The zero-order valence-electron chi connectivity index (χ0n) is 11.2. The summed E-state index contributed by atoms with van der Waals surface area (Å²) in [6.07, 6.45) is 4.80. The lowest BCUT2D eigenvalue weighted by Gasteiger charge is -2.16. The minimum atomic E-state index is 0.0385. The molecular formula is C13H18N4O2. The summed E-state index contributed by atoms with van der Waals surface area (Å²) in [6, 6.07) is 3.68.